The molecule has 2 amide bonds. The molecule has 1 unspecified atom stereocenters. The predicted molar refractivity (Wildman–Crippen MR) is 163 cm³/mol. The van der Waals surface area contributed by atoms with Gasteiger partial charge in [0.25, 0.3) is 5.91 Å². The number of piperazine rings is 1. The first-order valence-corrected chi connectivity index (χ1v) is 15.3. The van der Waals surface area contributed by atoms with Crippen LogP contribution in [0.3, 0.4) is 0 Å². The molecule has 2 heterocycles. The number of aromatic nitrogens is 3. The number of para-hydroxylation sites is 1. The summed E-state index contributed by atoms with van der Waals surface area (Å²) in [5.74, 6) is 1.83. The van der Waals surface area contributed by atoms with Gasteiger partial charge in [0.15, 0.2) is 11.0 Å². The number of rotatable bonds is 9. The van der Waals surface area contributed by atoms with Crippen LogP contribution in [-0.2, 0) is 4.79 Å². The van der Waals surface area contributed by atoms with Crippen molar-refractivity contribution in [3.05, 3.63) is 95.0 Å². The van der Waals surface area contributed by atoms with Crippen LogP contribution in [0.2, 0.25) is 0 Å². The van der Waals surface area contributed by atoms with Gasteiger partial charge in [0, 0.05) is 59.1 Å². The zero-order valence-electron chi connectivity index (χ0n) is 22.4. The molecule has 0 aliphatic carbocycles. The fourth-order valence-electron chi connectivity index (χ4n) is 4.92. The molecule has 1 aliphatic rings. The summed E-state index contributed by atoms with van der Waals surface area (Å²) in [5.41, 5.74) is 2.71. The van der Waals surface area contributed by atoms with Gasteiger partial charge in [-0.05, 0) is 50.1 Å². The highest BCUT2D eigenvalue weighted by atomic mass is 79.9. The van der Waals surface area contributed by atoms with E-state index in [1.165, 1.54) is 0 Å². The van der Waals surface area contributed by atoms with Gasteiger partial charge in [-0.25, -0.2) is 0 Å². The quantitative estimate of drug-likeness (QED) is 0.162. The number of nitrogens with zero attached hydrogens (tertiary/aromatic N) is 5. The molecular formula is C31H32BrN5O2S. The fraction of sp³-hybridized carbons (Fsp3) is 0.290. The first-order valence-electron chi connectivity index (χ1n) is 13.5. The van der Waals surface area contributed by atoms with Crippen molar-refractivity contribution in [1.82, 2.24) is 24.6 Å². The number of carbonyl (C=O) groups excluding carboxylic acids is 2. The number of amides is 2. The monoisotopic (exact) mass is 617 g/mol. The van der Waals surface area contributed by atoms with Crippen LogP contribution in [0, 0.1) is 0 Å². The van der Waals surface area contributed by atoms with E-state index in [1.807, 2.05) is 89.5 Å². The summed E-state index contributed by atoms with van der Waals surface area (Å²) in [7, 11) is 0. The molecule has 206 valence electrons. The fourth-order valence-corrected chi connectivity index (χ4v) is 6.27. The molecule has 1 saturated heterocycles. The van der Waals surface area contributed by atoms with E-state index in [9.17, 15) is 9.59 Å². The molecular weight excluding hydrogens is 586 g/mol. The van der Waals surface area contributed by atoms with E-state index in [-0.39, 0.29) is 17.9 Å². The normalized spacial score (nSPS) is 15.3. The maximum atomic E-state index is 13.0. The summed E-state index contributed by atoms with van der Waals surface area (Å²) in [6.07, 6.45) is 2.21. The second-order valence-corrected chi connectivity index (χ2v) is 11.8. The van der Waals surface area contributed by atoms with Gasteiger partial charge in [0.05, 0.1) is 0 Å². The lowest BCUT2D eigenvalue weighted by molar-refractivity contribution is -0.133. The number of thioether (sulfide) groups is 1. The SMILES string of the molecule is CC1CN(C(=O)CCCCSc2nnc(-c3ccccc3)n2-c2ccccc2)CCN1C(=O)c1cccc(Br)c1. The Labute approximate surface area is 247 Å². The van der Waals surface area contributed by atoms with Crippen molar-refractivity contribution in [2.45, 2.75) is 37.4 Å². The Morgan fingerprint density at radius 3 is 2.40 bits per heavy atom. The van der Waals surface area contributed by atoms with Crippen molar-refractivity contribution in [3.63, 3.8) is 0 Å². The molecule has 9 heteroatoms. The molecule has 0 N–H and O–H groups in total. The molecule has 0 bridgehead atoms. The molecule has 3 aromatic carbocycles. The molecule has 1 atom stereocenters. The maximum absolute atomic E-state index is 13.0. The molecule has 0 radical (unpaired) electrons. The summed E-state index contributed by atoms with van der Waals surface area (Å²) in [4.78, 5) is 29.7. The Hall–Kier alpha value is -3.43. The number of unbranched alkanes of at least 4 members (excludes halogenated alkanes) is 1. The highest BCUT2D eigenvalue weighted by Crippen LogP contribution is 2.28. The Morgan fingerprint density at radius 2 is 1.68 bits per heavy atom. The highest BCUT2D eigenvalue weighted by Gasteiger charge is 2.30. The highest BCUT2D eigenvalue weighted by molar-refractivity contribution is 9.10. The largest absolute Gasteiger partial charge is 0.339 e. The minimum absolute atomic E-state index is 0.0108. The smallest absolute Gasteiger partial charge is 0.254 e. The Bertz CT molecular complexity index is 1450. The number of carbonyl (C=O) groups is 2. The molecule has 0 saturated carbocycles. The van der Waals surface area contributed by atoms with Crippen molar-refractivity contribution in [3.8, 4) is 17.1 Å². The van der Waals surface area contributed by atoms with Crippen molar-refractivity contribution in [2.75, 3.05) is 25.4 Å². The molecule has 1 fully saturated rings. The standard InChI is InChI=1S/C31H32BrN5O2S/c1-23-22-35(18-19-36(23)30(39)25-13-10-14-26(32)21-25)28(38)17-8-9-20-40-31-34-33-29(24-11-4-2-5-12-24)37(31)27-15-6-3-7-16-27/h2-7,10-16,21,23H,8-9,17-20,22H2,1H3. The van der Waals surface area contributed by atoms with Gasteiger partial charge in [-0.2, -0.15) is 0 Å². The zero-order chi connectivity index (χ0) is 27.9. The van der Waals surface area contributed by atoms with Crippen LogP contribution in [0.1, 0.15) is 36.5 Å². The Kier molecular flexibility index (Phi) is 9.34. The van der Waals surface area contributed by atoms with Crippen molar-refractivity contribution < 1.29 is 9.59 Å². The number of benzene rings is 3. The van der Waals surface area contributed by atoms with Crippen LogP contribution in [0.5, 0.6) is 0 Å². The van der Waals surface area contributed by atoms with E-state index in [0.717, 1.165) is 45.3 Å². The van der Waals surface area contributed by atoms with E-state index in [2.05, 4.69) is 42.8 Å². The van der Waals surface area contributed by atoms with E-state index in [4.69, 9.17) is 0 Å². The van der Waals surface area contributed by atoms with Gasteiger partial charge in [-0.15, -0.1) is 10.2 Å². The minimum Gasteiger partial charge on any atom is -0.339 e. The van der Waals surface area contributed by atoms with Crippen LogP contribution in [0.25, 0.3) is 17.1 Å². The third-order valence-corrected chi connectivity index (χ3v) is 8.52. The van der Waals surface area contributed by atoms with Gasteiger partial charge < -0.3 is 9.80 Å². The maximum Gasteiger partial charge on any atom is 0.254 e. The molecule has 1 aliphatic heterocycles. The van der Waals surface area contributed by atoms with Crippen molar-refractivity contribution in [1.29, 1.82) is 0 Å². The van der Waals surface area contributed by atoms with Crippen molar-refractivity contribution >= 4 is 39.5 Å². The first kappa shape index (κ1) is 28.1. The summed E-state index contributed by atoms with van der Waals surface area (Å²) >= 11 is 5.10. The summed E-state index contributed by atoms with van der Waals surface area (Å²) in [5, 5.41) is 9.84. The lowest BCUT2D eigenvalue weighted by atomic mass is 10.1. The third kappa shape index (κ3) is 6.64. The lowest BCUT2D eigenvalue weighted by Gasteiger charge is -2.40. The van der Waals surface area contributed by atoms with E-state index in [0.29, 0.717) is 31.6 Å². The lowest BCUT2D eigenvalue weighted by Crippen LogP contribution is -2.55. The van der Waals surface area contributed by atoms with Crippen LogP contribution >= 0.6 is 27.7 Å². The Morgan fingerprint density at radius 1 is 0.925 bits per heavy atom. The van der Waals surface area contributed by atoms with Gasteiger partial charge in [-0.1, -0.05) is 82.3 Å². The third-order valence-electron chi connectivity index (χ3n) is 7.01. The average Bonchev–Trinajstić information content (AvgIpc) is 3.41. The number of hydrogen-bond acceptors (Lipinski definition) is 5. The molecule has 7 nitrogen and oxygen atoms in total. The van der Waals surface area contributed by atoms with Gasteiger partial charge in [0.1, 0.15) is 0 Å². The van der Waals surface area contributed by atoms with Crippen LogP contribution in [0.15, 0.2) is 94.6 Å². The molecule has 1 aromatic heterocycles. The second kappa shape index (κ2) is 13.3. The topological polar surface area (TPSA) is 71.3 Å². The van der Waals surface area contributed by atoms with Crippen LogP contribution in [0.4, 0.5) is 0 Å². The molecule has 5 rings (SSSR count). The average molecular weight is 619 g/mol. The summed E-state index contributed by atoms with van der Waals surface area (Å²) in [6, 6.07) is 27.7. The van der Waals surface area contributed by atoms with E-state index >= 15 is 0 Å². The summed E-state index contributed by atoms with van der Waals surface area (Å²) < 4.78 is 2.98. The Balaban J connectivity index is 1.12. The minimum atomic E-state index is -0.0251. The second-order valence-electron chi connectivity index (χ2n) is 9.85. The predicted octanol–water partition coefficient (Wildman–Crippen LogP) is 6.33. The van der Waals surface area contributed by atoms with Gasteiger partial charge in [0.2, 0.25) is 5.91 Å². The first-order chi connectivity index (χ1) is 19.5. The van der Waals surface area contributed by atoms with Crippen LogP contribution in [-0.4, -0.2) is 67.8 Å². The molecule has 4 aromatic rings. The van der Waals surface area contributed by atoms with Gasteiger partial charge in [-0.3, -0.25) is 14.2 Å². The van der Waals surface area contributed by atoms with E-state index in [1.54, 1.807) is 11.8 Å². The molecule has 40 heavy (non-hydrogen) atoms. The van der Waals surface area contributed by atoms with Gasteiger partial charge >= 0.3 is 0 Å². The zero-order valence-corrected chi connectivity index (χ0v) is 24.9. The molecule has 0 spiro atoms. The summed E-state index contributed by atoms with van der Waals surface area (Å²) in [6.45, 7) is 3.70. The van der Waals surface area contributed by atoms with Crippen molar-refractivity contribution in [2.24, 2.45) is 0 Å². The number of hydrogen-bond donors (Lipinski definition) is 0. The van der Waals surface area contributed by atoms with Crippen LogP contribution < -0.4 is 0 Å². The van der Waals surface area contributed by atoms with E-state index < -0.39 is 0 Å². The number of halogens is 1.